The Morgan fingerprint density at radius 2 is 1.83 bits per heavy atom. The van der Waals surface area contributed by atoms with Gasteiger partial charge in [0, 0.05) is 12.6 Å². The number of hydrogen-bond acceptors (Lipinski definition) is 7. The Morgan fingerprint density at radius 3 is 2.46 bits per heavy atom. The van der Waals surface area contributed by atoms with Gasteiger partial charge in [0.2, 0.25) is 11.8 Å². The van der Waals surface area contributed by atoms with Crippen LogP contribution in [0.25, 0.3) is 17.1 Å². The zero-order valence-electron chi connectivity index (χ0n) is 19.8. The van der Waals surface area contributed by atoms with Crippen LogP contribution >= 0.6 is 0 Å². The number of nitrogens with zero attached hydrogens (tertiary/aromatic N) is 5. The lowest BCUT2D eigenvalue weighted by atomic mass is 9.83. The van der Waals surface area contributed by atoms with Crippen LogP contribution in [0.5, 0.6) is 17.4 Å². The van der Waals surface area contributed by atoms with E-state index in [2.05, 4.69) is 11.2 Å². The summed E-state index contributed by atoms with van der Waals surface area (Å²) >= 11 is 0. The zero-order valence-corrected chi connectivity index (χ0v) is 19.8. The minimum Gasteiger partial charge on any atom is -0.493 e. The number of para-hydroxylation sites is 2. The molecule has 1 atom stereocenters. The number of hydrogen-bond donors (Lipinski definition) is 1. The molecule has 2 aromatic heterocycles. The van der Waals surface area contributed by atoms with Crippen molar-refractivity contribution < 1.29 is 14.2 Å². The summed E-state index contributed by atoms with van der Waals surface area (Å²) in [5, 5.41) is 19.6. The molecule has 1 aliphatic rings. The molecule has 0 spiro atoms. The molecule has 35 heavy (non-hydrogen) atoms. The average Bonchev–Trinajstić information content (AvgIpc) is 3.41. The van der Waals surface area contributed by atoms with Gasteiger partial charge in [-0.2, -0.15) is 20.1 Å². The Hall–Kier alpha value is -4.71. The normalized spacial score (nSPS) is 14.8. The molecular formula is C26H24N6O3. The van der Waals surface area contributed by atoms with Crippen molar-refractivity contribution in [3.8, 4) is 40.5 Å². The Balaban J connectivity index is 1.88. The molecule has 0 unspecified atom stereocenters. The van der Waals surface area contributed by atoms with Crippen molar-refractivity contribution in [3.63, 3.8) is 0 Å². The number of fused-ring (bicyclic) bond motifs is 1. The second-order valence-electron chi connectivity index (χ2n) is 8.12. The molecule has 0 saturated heterocycles. The second kappa shape index (κ2) is 8.57. The van der Waals surface area contributed by atoms with E-state index in [4.69, 9.17) is 25.0 Å². The van der Waals surface area contributed by atoms with Crippen LogP contribution in [-0.4, -0.2) is 33.8 Å². The van der Waals surface area contributed by atoms with Gasteiger partial charge >= 0.3 is 0 Å². The van der Waals surface area contributed by atoms with Crippen LogP contribution in [0, 0.1) is 18.3 Å². The quantitative estimate of drug-likeness (QED) is 0.474. The highest BCUT2D eigenvalue weighted by molar-refractivity contribution is 5.72. The van der Waals surface area contributed by atoms with Gasteiger partial charge in [-0.05, 0) is 31.2 Å². The molecule has 0 aliphatic carbocycles. The number of benzene rings is 2. The van der Waals surface area contributed by atoms with Crippen molar-refractivity contribution >= 4 is 0 Å². The van der Waals surface area contributed by atoms with Gasteiger partial charge < -0.3 is 19.9 Å². The molecule has 2 aromatic carbocycles. The third-order valence-corrected chi connectivity index (χ3v) is 6.04. The maximum Gasteiger partial charge on any atom is 0.229 e. The summed E-state index contributed by atoms with van der Waals surface area (Å²) in [7, 11) is 5.00. The second-order valence-corrected chi connectivity index (χ2v) is 8.12. The largest absolute Gasteiger partial charge is 0.493 e. The van der Waals surface area contributed by atoms with Crippen LogP contribution in [0.3, 0.4) is 0 Å². The van der Waals surface area contributed by atoms with E-state index in [1.165, 1.54) is 0 Å². The third kappa shape index (κ3) is 3.47. The number of methoxy groups -OCH3 is 2. The molecule has 9 heteroatoms. The lowest BCUT2D eigenvalue weighted by Gasteiger charge is -2.26. The number of allylic oxidation sites excluding steroid dienone is 1. The van der Waals surface area contributed by atoms with Crippen molar-refractivity contribution in [2.45, 2.75) is 12.8 Å². The summed E-state index contributed by atoms with van der Waals surface area (Å²) in [6, 6.07) is 19.4. The fourth-order valence-corrected chi connectivity index (χ4v) is 4.55. The number of aromatic nitrogens is 4. The summed E-state index contributed by atoms with van der Waals surface area (Å²) in [6.07, 6.45) is 0. The minimum absolute atomic E-state index is 0.0136. The first-order valence-corrected chi connectivity index (χ1v) is 11.0. The first-order chi connectivity index (χ1) is 17.0. The summed E-state index contributed by atoms with van der Waals surface area (Å²) in [5.41, 5.74) is 11.0. The zero-order chi connectivity index (χ0) is 24.7. The molecule has 3 heterocycles. The van der Waals surface area contributed by atoms with Crippen molar-refractivity contribution in [3.05, 3.63) is 82.9 Å². The van der Waals surface area contributed by atoms with Crippen molar-refractivity contribution in [1.29, 1.82) is 5.26 Å². The van der Waals surface area contributed by atoms with Gasteiger partial charge in [0.15, 0.2) is 11.5 Å². The van der Waals surface area contributed by atoms with Gasteiger partial charge in [0.25, 0.3) is 0 Å². The van der Waals surface area contributed by atoms with Crippen LogP contribution in [0.15, 0.2) is 66.1 Å². The molecule has 0 amide bonds. The van der Waals surface area contributed by atoms with Gasteiger partial charge in [-0.1, -0.05) is 30.3 Å². The highest BCUT2D eigenvalue weighted by Gasteiger charge is 2.40. The molecule has 0 radical (unpaired) electrons. The Morgan fingerprint density at radius 1 is 1.06 bits per heavy atom. The fourth-order valence-electron chi connectivity index (χ4n) is 4.55. The van der Waals surface area contributed by atoms with Gasteiger partial charge in [0.05, 0.1) is 42.8 Å². The Bertz CT molecular complexity index is 1490. The lowest BCUT2D eigenvalue weighted by molar-refractivity contribution is 0.346. The minimum atomic E-state index is -0.614. The topological polar surface area (TPSA) is 113 Å². The molecule has 176 valence electrons. The number of nitrogens with two attached hydrogens (primary N) is 1. The van der Waals surface area contributed by atoms with Crippen molar-refractivity contribution in [2.75, 3.05) is 14.2 Å². The first kappa shape index (κ1) is 22.1. The molecule has 0 fully saturated rings. The highest BCUT2D eigenvalue weighted by Crippen LogP contribution is 2.50. The predicted molar refractivity (Wildman–Crippen MR) is 129 cm³/mol. The van der Waals surface area contributed by atoms with Gasteiger partial charge in [-0.25, -0.2) is 0 Å². The van der Waals surface area contributed by atoms with Crippen LogP contribution < -0.4 is 19.9 Å². The molecular weight excluding hydrogens is 444 g/mol. The molecule has 2 N–H and O–H groups in total. The fraction of sp³-hybridized carbons (Fsp3) is 0.192. The van der Waals surface area contributed by atoms with Crippen LogP contribution in [-0.2, 0) is 7.05 Å². The maximum absolute atomic E-state index is 10.2. The predicted octanol–water partition coefficient (Wildman–Crippen LogP) is 3.82. The van der Waals surface area contributed by atoms with E-state index in [0.717, 1.165) is 17.1 Å². The Labute approximate surface area is 202 Å². The lowest BCUT2D eigenvalue weighted by Crippen LogP contribution is -2.22. The summed E-state index contributed by atoms with van der Waals surface area (Å²) < 4.78 is 20.8. The summed E-state index contributed by atoms with van der Waals surface area (Å²) in [5.74, 6) is 0.878. The highest BCUT2D eigenvalue weighted by atomic mass is 16.5. The monoisotopic (exact) mass is 468 g/mol. The SMILES string of the molecule is COc1cccc([C@@H]2C(C#N)=C(N)Oc3c2c(-c2cc(C)nn2C)nn3-c2ccccc2)c1OC. The number of nitriles is 1. The standard InChI is InChI=1S/C26H24N6O3/c1-15-13-19(31(2)29-15)23-22-21(17-11-8-12-20(33-3)24(17)34-4)18(14-27)25(28)35-26(22)32(30-23)16-9-6-5-7-10-16/h5-13,21H,28H2,1-4H3/t21-/m1/s1. The van der Waals surface area contributed by atoms with E-state index < -0.39 is 5.92 Å². The molecule has 4 aromatic rings. The van der Waals surface area contributed by atoms with Crippen LogP contribution in [0.2, 0.25) is 0 Å². The third-order valence-electron chi connectivity index (χ3n) is 6.04. The van der Waals surface area contributed by atoms with E-state index in [1.54, 1.807) is 29.6 Å². The maximum atomic E-state index is 10.2. The Kier molecular flexibility index (Phi) is 5.41. The van der Waals surface area contributed by atoms with Gasteiger partial charge in [-0.3, -0.25) is 4.68 Å². The molecule has 1 aliphatic heterocycles. The smallest absolute Gasteiger partial charge is 0.229 e. The van der Waals surface area contributed by atoms with Gasteiger partial charge in [0.1, 0.15) is 17.3 Å². The van der Waals surface area contributed by atoms with E-state index >= 15 is 0 Å². The van der Waals surface area contributed by atoms with Crippen molar-refractivity contribution in [2.24, 2.45) is 12.8 Å². The van der Waals surface area contributed by atoms with Gasteiger partial charge in [-0.15, -0.1) is 0 Å². The number of rotatable bonds is 5. The number of aryl methyl sites for hydroxylation is 2. The van der Waals surface area contributed by atoms with E-state index in [1.807, 2.05) is 62.5 Å². The van der Waals surface area contributed by atoms with E-state index in [0.29, 0.717) is 34.2 Å². The molecule has 9 nitrogen and oxygen atoms in total. The van der Waals surface area contributed by atoms with Crippen molar-refractivity contribution in [1.82, 2.24) is 19.6 Å². The molecule has 5 rings (SSSR count). The average molecular weight is 469 g/mol. The molecule has 0 saturated carbocycles. The summed E-state index contributed by atoms with van der Waals surface area (Å²) in [4.78, 5) is 0. The van der Waals surface area contributed by atoms with Crippen LogP contribution in [0.1, 0.15) is 22.7 Å². The number of ether oxygens (including phenoxy) is 3. The van der Waals surface area contributed by atoms with E-state index in [9.17, 15) is 5.26 Å². The first-order valence-electron chi connectivity index (χ1n) is 11.0. The molecule has 0 bridgehead atoms. The van der Waals surface area contributed by atoms with E-state index in [-0.39, 0.29) is 11.5 Å². The van der Waals surface area contributed by atoms with Crippen LogP contribution in [0.4, 0.5) is 0 Å². The summed E-state index contributed by atoms with van der Waals surface area (Å²) in [6.45, 7) is 1.92.